The minimum Gasteiger partial charge on any atom is -0.463 e. The van der Waals surface area contributed by atoms with Gasteiger partial charge >= 0.3 is 0 Å². The summed E-state index contributed by atoms with van der Waals surface area (Å²) >= 11 is 0. The Morgan fingerprint density at radius 3 is 2.71 bits per heavy atom. The first-order valence-electron chi connectivity index (χ1n) is 7.02. The number of rotatable bonds is 4. The Labute approximate surface area is 122 Å². The highest BCUT2D eigenvalue weighted by atomic mass is 16.3. The minimum atomic E-state index is -0.0958. The maximum Gasteiger partial charge on any atom is 0.258 e. The Morgan fingerprint density at radius 1 is 1.14 bits per heavy atom. The SMILES string of the molecule is C[C@H]([NH2+][C@H](C)c1nc2ccccc2c(=O)[nH]1)c1ccco1. The molecule has 5 heteroatoms. The van der Waals surface area contributed by atoms with E-state index in [-0.39, 0.29) is 17.6 Å². The first-order valence-corrected chi connectivity index (χ1v) is 7.02. The fraction of sp³-hybridized carbons (Fsp3) is 0.250. The van der Waals surface area contributed by atoms with E-state index in [4.69, 9.17) is 4.42 Å². The van der Waals surface area contributed by atoms with Crippen molar-refractivity contribution < 1.29 is 9.73 Å². The molecule has 108 valence electrons. The summed E-state index contributed by atoms with van der Waals surface area (Å²) in [4.78, 5) is 19.5. The number of para-hydroxylation sites is 1. The number of hydrogen-bond donors (Lipinski definition) is 2. The maximum atomic E-state index is 12.1. The number of quaternary nitrogens is 1. The van der Waals surface area contributed by atoms with Crippen LogP contribution in [0, 0.1) is 0 Å². The molecule has 2 atom stereocenters. The number of aromatic amines is 1. The van der Waals surface area contributed by atoms with Crippen LogP contribution < -0.4 is 10.9 Å². The van der Waals surface area contributed by atoms with Crippen molar-refractivity contribution in [2.75, 3.05) is 0 Å². The number of benzene rings is 1. The Bertz CT molecular complexity index is 793. The highest BCUT2D eigenvalue weighted by Crippen LogP contribution is 2.12. The van der Waals surface area contributed by atoms with Crippen LogP contribution in [0.1, 0.15) is 37.5 Å². The van der Waals surface area contributed by atoms with Crippen LogP contribution in [0.4, 0.5) is 0 Å². The summed E-state index contributed by atoms with van der Waals surface area (Å²) in [5, 5.41) is 2.74. The normalized spacial score (nSPS) is 14.2. The van der Waals surface area contributed by atoms with Crippen molar-refractivity contribution in [3.8, 4) is 0 Å². The van der Waals surface area contributed by atoms with E-state index in [0.29, 0.717) is 11.2 Å². The Kier molecular flexibility index (Phi) is 3.58. The summed E-state index contributed by atoms with van der Waals surface area (Å²) in [5.74, 6) is 1.59. The van der Waals surface area contributed by atoms with Gasteiger partial charge in [-0.3, -0.25) is 4.79 Å². The average Bonchev–Trinajstić information content (AvgIpc) is 3.01. The second kappa shape index (κ2) is 5.54. The van der Waals surface area contributed by atoms with Gasteiger partial charge in [-0.15, -0.1) is 0 Å². The number of H-pyrrole nitrogens is 1. The van der Waals surface area contributed by atoms with Gasteiger partial charge in [0.2, 0.25) is 0 Å². The second-order valence-electron chi connectivity index (χ2n) is 5.25. The standard InChI is InChI=1S/C16H17N3O2/c1-10(14-8-5-9-21-14)17-11(2)15-18-13-7-4-3-6-12(13)16(20)19-15/h3-11,17H,1-2H3,(H,18,19,20)/p+1/t10-,11+/m0/s1. The molecule has 21 heavy (non-hydrogen) atoms. The molecule has 3 aromatic rings. The predicted molar refractivity (Wildman–Crippen MR) is 79.8 cm³/mol. The van der Waals surface area contributed by atoms with Gasteiger partial charge in [-0.25, -0.2) is 4.98 Å². The van der Waals surface area contributed by atoms with Gasteiger partial charge in [0.1, 0.15) is 12.1 Å². The third kappa shape index (κ3) is 2.73. The van der Waals surface area contributed by atoms with E-state index in [1.165, 1.54) is 0 Å². The largest absolute Gasteiger partial charge is 0.463 e. The molecule has 0 unspecified atom stereocenters. The lowest BCUT2D eigenvalue weighted by molar-refractivity contribution is -0.731. The number of hydrogen-bond acceptors (Lipinski definition) is 3. The van der Waals surface area contributed by atoms with Crippen molar-refractivity contribution in [3.05, 3.63) is 64.6 Å². The van der Waals surface area contributed by atoms with Crippen LogP contribution >= 0.6 is 0 Å². The highest BCUT2D eigenvalue weighted by Gasteiger charge is 2.19. The number of nitrogens with zero attached hydrogens (tertiary/aromatic N) is 1. The van der Waals surface area contributed by atoms with Crippen molar-refractivity contribution in [1.82, 2.24) is 9.97 Å². The molecule has 3 N–H and O–H groups in total. The van der Waals surface area contributed by atoms with Gasteiger partial charge in [0.25, 0.3) is 5.56 Å². The third-order valence-corrected chi connectivity index (χ3v) is 3.63. The van der Waals surface area contributed by atoms with Crippen LogP contribution in [0.5, 0.6) is 0 Å². The van der Waals surface area contributed by atoms with Gasteiger partial charge in [0.15, 0.2) is 11.6 Å². The Balaban J connectivity index is 1.88. The molecule has 5 nitrogen and oxygen atoms in total. The van der Waals surface area contributed by atoms with E-state index in [9.17, 15) is 4.79 Å². The lowest BCUT2D eigenvalue weighted by Crippen LogP contribution is -2.85. The van der Waals surface area contributed by atoms with Crippen molar-refractivity contribution in [1.29, 1.82) is 0 Å². The molecule has 0 aliphatic carbocycles. The van der Waals surface area contributed by atoms with Crippen LogP contribution in [0.2, 0.25) is 0 Å². The summed E-state index contributed by atoms with van der Waals surface area (Å²) in [6.45, 7) is 4.08. The highest BCUT2D eigenvalue weighted by molar-refractivity contribution is 5.77. The molecule has 0 saturated carbocycles. The summed E-state index contributed by atoms with van der Waals surface area (Å²) in [6.07, 6.45) is 1.67. The molecule has 0 aliphatic rings. The summed E-state index contributed by atoms with van der Waals surface area (Å²) in [5.41, 5.74) is 0.628. The molecule has 3 rings (SSSR count). The summed E-state index contributed by atoms with van der Waals surface area (Å²) in [6, 6.07) is 11.4. The molecular weight excluding hydrogens is 266 g/mol. The third-order valence-electron chi connectivity index (χ3n) is 3.63. The molecule has 0 bridgehead atoms. The molecule has 1 aromatic carbocycles. The van der Waals surface area contributed by atoms with Gasteiger partial charge in [-0.2, -0.15) is 0 Å². The van der Waals surface area contributed by atoms with Gasteiger partial charge in [-0.1, -0.05) is 12.1 Å². The molecule has 0 saturated heterocycles. The molecule has 2 heterocycles. The second-order valence-corrected chi connectivity index (χ2v) is 5.25. The van der Waals surface area contributed by atoms with Crippen LogP contribution in [0.15, 0.2) is 51.9 Å². The fourth-order valence-electron chi connectivity index (χ4n) is 2.49. The van der Waals surface area contributed by atoms with E-state index in [2.05, 4.69) is 22.2 Å². The first kappa shape index (κ1) is 13.6. The van der Waals surface area contributed by atoms with Crippen LogP contribution in [-0.2, 0) is 0 Å². The molecular formula is C16H18N3O2+. The van der Waals surface area contributed by atoms with E-state index in [1.807, 2.05) is 37.3 Å². The fourth-order valence-corrected chi connectivity index (χ4v) is 2.49. The quantitative estimate of drug-likeness (QED) is 0.768. The van der Waals surface area contributed by atoms with Crippen molar-refractivity contribution in [2.45, 2.75) is 25.9 Å². The lowest BCUT2D eigenvalue weighted by atomic mass is 10.2. The number of fused-ring (bicyclic) bond motifs is 1. The van der Waals surface area contributed by atoms with E-state index in [1.54, 1.807) is 12.3 Å². The van der Waals surface area contributed by atoms with E-state index in [0.717, 1.165) is 11.3 Å². The zero-order valence-electron chi connectivity index (χ0n) is 12.0. The van der Waals surface area contributed by atoms with Gasteiger partial charge in [0, 0.05) is 0 Å². The van der Waals surface area contributed by atoms with Gasteiger partial charge in [0.05, 0.1) is 17.2 Å². The zero-order valence-corrected chi connectivity index (χ0v) is 12.0. The zero-order chi connectivity index (χ0) is 14.8. The van der Waals surface area contributed by atoms with Gasteiger partial charge < -0.3 is 14.7 Å². The summed E-state index contributed by atoms with van der Waals surface area (Å²) < 4.78 is 5.40. The van der Waals surface area contributed by atoms with Crippen molar-refractivity contribution >= 4 is 10.9 Å². The van der Waals surface area contributed by atoms with Crippen LogP contribution in [0.25, 0.3) is 10.9 Å². The number of nitrogens with one attached hydrogen (secondary N) is 1. The molecule has 0 fully saturated rings. The Morgan fingerprint density at radius 2 is 1.95 bits per heavy atom. The lowest BCUT2D eigenvalue weighted by Gasteiger charge is -2.14. The topological polar surface area (TPSA) is 75.5 Å². The van der Waals surface area contributed by atoms with Crippen molar-refractivity contribution in [3.63, 3.8) is 0 Å². The molecule has 0 amide bonds. The predicted octanol–water partition coefficient (Wildman–Crippen LogP) is 1.90. The molecule has 2 aromatic heterocycles. The Hall–Kier alpha value is -2.40. The molecule has 0 aliphatic heterocycles. The number of nitrogens with two attached hydrogens (primary N) is 1. The van der Waals surface area contributed by atoms with Crippen LogP contribution in [0.3, 0.4) is 0 Å². The van der Waals surface area contributed by atoms with Crippen LogP contribution in [-0.4, -0.2) is 9.97 Å². The monoisotopic (exact) mass is 284 g/mol. The molecule has 0 spiro atoms. The summed E-state index contributed by atoms with van der Waals surface area (Å²) in [7, 11) is 0. The smallest absolute Gasteiger partial charge is 0.258 e. The first-order chi connectivity index (χ1) is 10.1. The minimum absolute atomic E-state index is 0.0300. The number of furan rings is 1. The van der Waals surface area contributed by atoms with Crippen molar-refractivity contribution in [2.24, 2.45) is 0 Å². The van der Waals surface area contributed by atoms with E-state index < -0.39 is 0 Å². The number of aromatic nitrogens is 2. The average molecular weight is 284 g/mol. The van der Waals surface area contributed by atoms with Gasteiger partial charge in [-0.05, 0) is 38.1 Å². The van der Waals surface area contributed by atoms with E-state index >= 15 is 0 Å². The molecule has 0 radical (unpaired) electrons. The maximum absolute atomic E-state index is 12.1.